The van der Waals surface area contributed by atoms with Gasteiger partial charge in [0.15, 0.2) is 5.54 Å². The molecule has 0 unspecified atom stereocenters. The predicted molar refractivity (Wildman–Crippen MR) is 92.5 cm³/mol. The maximum atomic E-state index is 12.8. The third kappa shape index (κ3) is 2.40. The van der Waals surface area contributed by atoms with Gasteiger partial charge in [-0.3, -0.25) is 14.9 Å². The van der Waals surface area contributed by atoms with Gasteiger partial charge in [0, 0.05) is 12.1 Å². The molecule has 4 amide bonds. The zero-order chi connectivity index (χ0) is 18.3. The molecule has 2 aliphatic heterocycles. The number of imide groups is 1. The molecule has 4 rings (SSSR count). The molecule has 0 aliphatic carbocycles. The van der Waals surface area contributed by atoms with E-state index in [1.54, 1.807) is 48.4 Å². The van der Waals surface area contributed by atoms with E-state index in [1.165, 1.54) is 0 Å². The highest BCUT2D eigenvalue weighted by Crippen LogP contribution is 2.32. The summed E-state index contributed by atoms with van der Waals surface area (Å²) in [5, 5.41) is 5.00. The minimum Gasteiger partial charge on any atom is -0.497 e. The van der Waals surface area contributed by atoms with Crippen molar-refractivity contribution in [1.82, 2.24) is 15.5 Å². The van der Waals surface area contributed by atoms with Crippen molar-refractivity contribution >= 4 is 17.8 Å². The Morgan fingerprint density at radius 3 is 2.54 bits per heavy atom. The van der Waals surface area contributed by atoms with E-state index in [9.17, 15) is 14.4 Å². The summed E-state index contributed by atoms with van der Waals surface area (Å²) >= 11 is 0. The lowest BCUT2D eigenvalue weighted by Crippen LogP contribution is -2.52. The molecule has 0 radical (unpaired) electrons. The van der Waals surface area contributed by atoms with E-state index in [1.807, 2.05) is 12.1 Å². The lowest BCUT2D eigenvalue weighted by Gasteiger charge is -2.31. The second-order valence-electron chi connectivity index (χ2n) is 6.36. The minimum atomic E-state index is -1.31. The number of rotatable bonds is 4. The fraction of sp³-hybridized carbons (Fsp3) is 0.211. The Labute approximate surface area is 149 Å². The molecular weight excluding hydrogens is 334 g/mol. The van der Waals surface area contributed by atoms with Crippen molar-refractivity contribution in [3.8, 4) is 5.75 Å². The molecule has 0 saturated carbocycles. The number of urea groups is 1. The van der Waals surface area contributed by atoms with E-state index in [0.29, 0.717) is 23.4 Å². The first kappa shape index (κ1) is 16.1. The molecule has 7 nitrogen and oxygen atoms in total. The third-order valence-corrected chi connectivity index (χ3v) is 4.83. The van der Waals surface area contributed by atoms with Crippen LogP contribution in [0, 0.1) is 0 Å². The lowest BCUT2D eigenvalue weighted by atomic mass is 9.89. The van der Waals surface area contributed by atoms with Crippen molar-refractivity contribution in [2.45, 2.75) is 12.1 Å². The van der Waals surface area contributed by atoms with Gasteiger partial charge in [-0.15, -0.1) is 0 Å². The average molecular weight is 351 g/mol. The Hall–Kier alpha value is -3.35. The highest BCUT2D eigenvalue weighted by atomic mass is 16.5. The van der Waals surface area contributed by atoms with Crippen LogP contribution in [0.3, 0.4) is 0 Å². The zero-order valence-corrected chi connectivity index (χ0v) is 14.1. The Bertz CT molecular complexity index is 912. The molecule has 2 N–H and O–H groups in total. The van der Waals surface area contributed by atoms with Crippen LogP contribution in [-0.4, -0.2) is 36.4 Å². The first-order chi connectivity index (χ1) is 12.5. The monoisotopic (exact) mass is 351 g/mol. The largest absolute Gasteiger partial charge is 0.497 e. The maximum absolute atomic E-state index is 12.8. The van der Waals surface area contributed by atoms with Crippen molar-refractivity contribution in [2.24, 2.45) is 0 Å². The molecule has 0 bridgehead atoms. The first-order valence-corrected chi connectivity index (χ1v) is 8.19. The molecule has 2 aromatic carbocycles. The van der Waals surface area contributed by atoms with Gasteiger partial charge in [0.05, 0.1) is 13.7 Å². The van der Waals surface area contributed by atoms with Crippen molar-refractivity contribution in [3.05, 3.63) is 65.2 Å². The summed E-state index contributed by atoms with van der Waals surface area (Å²) in [4.78, 5) is 38.8. The van der Waals surface area contributed by atoms with Crippen molar-refractivity contribution in [1.29, 1.82) is 0 Å². The Morgan fingerprint density at radius 1 is 1.12 bits per heavy atom. The van der Waals surface area contributed by atoms with Crippen molar-refractivity contribution < 1.29 is 19.1 Å². The number of nitrogens with one attached hydrogen (secondary N) is 2. The van der Waals surface area contributed by atoms with Gasteiger partial charge in [0.25, 0.3) is 11.8 Å². The summed E-state index contributed by atoms with van der Waals surface area (Å²) in [6, 6.07) is 13.6. The number of fused-ring (bicyclic) bond motifs is 1. The van der Waals surface area contributed by atoms with Crippen LogP contribution in [0.1, 0.15) is 21.5 Å². The fourth-order valence-electron chi connectivity index (χ4n) is 3.52. The molecule has 132 valence electrons. The van der Waals surface area contributed by atoms with Crippen LogP contribution in [0.5, 0.6) is 5.75 Å². The highest BCUT2D eigenvalue weighted by molar-refractivity contribution is 6.08. The van der Waals surface area contributed by atoms with E-state index in [0.717, 1.165) is 5.56 Å². The molecule has 26 heavy (non-hydrogen) atoms. The predicted octanol–water partition coefficient (Wildman–Crippen LogP) is 1.39. The topological polar surface area (TPSA) is 87.7 Å². The van der Waals surface area contributed by atoms with Crippen LogP contribution in [0.2, 0.25) is 0 Å². The Balaban J connectivity index is 1.69. The molecule has 1 fully saturated rings. The number of hydrogen-bond donors (Lipinski definition) is 2. The molecule has 2 aliphatic rings. The van der Waals surface area contributed by atoms with E-state index in [-0.39, 0.29) is 12.5 Å². The van der Waals surface area contributed by atoms with Crippen LogP contribution in [-0.2, 0) is 16.9 Å². The quantitative estimate of drug-likeness (QED) is 0.815. The molecule has 1 saturated heterocycles. The van der Waals surface area contributed by atoms with Crippen LogP contribution >= 0.6 is 0 Å². The van der Waals surface area contributed by atoms with E-state index in [2.05, 4.69) is 10.6 Å². The number of carbonyl (C=O) groups is 3. The molecule has 7 heteroatoms. The van der Waals surface area contributed by atoms with Gasteiger partial charge < -0.3 is 15.0 Å². The number of nitrogens with zero attached hydrogens (tertiary/aromatic N) is 1. The number of benzene rings is 2. The minimum absolute atomic E-state index is 0.0460. The van der Waals surface area contributed by atoms with Gasteiger partial charge >= 0.3 is 6.03 Å². The van der Waals surface area contributed by atoms with Crippen molar-refractivity contribution in [2.75, 3.05) is 13.7 Å². The first-order valence-electron chi connectivity index (χ1n) is 8.19. The maximum Gasteiger partial charge on any atom is 0.322 e. The van der Waals surface area contributed by atoms with Gasteiger partial charge in [0.1, 0.15) is 5.75 Å². The molecule has 1 atom stereocenters. The summed E-state index contributed by atoms with van der Waals surface area (Å²) in [5.74, 6) is 0.0324. The number of methoxy groups -OCH3 is 1. The second-order valence-corrected chi connectivity index (χ2v) is 6.36. The summed E-state index contributed by atoms with van der Waals surface area (Å²) in [6.07, 6.45) is 0. The van der Waals surface area contributed by atoms with Crippen molar-refractivity contribution in [3.63, 3.8) is 0 Å². The highest BCUT2D eigenvalue weighted by Gasteiger charge is 2.50. The van der Waals surface area contributed by atoms with Gasteiger partial charge in [0.2, 0.25) is 0 Å². The molecule has 0 aromatic heterocycles. The van der Waals surface area contributed by atoms with Crippen LogP contribution < -0.4 is 15.4 Å². The normalized spacial score (nSPS) is 21.4. The van der Waals surface area contributed by atoms with Gasteiger partial charge in [-0.05, 0) is 29.3 Å². The smallest absolute Gasteiger partial charge is 0.322 e. The average Bonchev–Trinajstić information content (AvgIpc) is 3.12. The Kier molecular flexibility index (Phi) is 3.64. The fourth-order valence-corrected chi connectivity index (χ4v) is 3.52. The van der Waals surface area contributed by atoms with Crippen LogP contribution in [0.15, 0.2) is 48.5 Å². The number of carbonyl (C=O) groups excluding carboxylic acids is 3. The summed E-state index contributed by atoms with van der Waals surface area (Å²) in [6.45, 7) is 0.396. The third-order valence-electron chi connectivity index (χ3n) is 4.83. The number of hydrogen-bond acceptors (Lipinski definition) is 4. The number of ether oxygens (including phenoxy) is 1. The number of amides is 4. The van der Waals surface area contributed by atoms with Gasteiger partial charge in [-0.2, -0.15) is 0 Å². The Morgan fingerprint density at radius 2 is 1.88 bits per heavy atom. The zero-order valence-electron chi connectivity index (χ0n) is 14.1. The summed E-state index contributed by atoms with van der Waals surface area (Å²) in [7, 11) is 1.57. The van der Waals surface area contributed by atoms with Gasteiger partial charge in [-0.25, -0.2) is 4.79 Å². The SMILES string of the molecule is COc1ccc2c(c1)CN(C[C@@]1(c3ccccc3)NC(=O)NC1=O)C2=O. The molecule has 2 heterocycles. The van der Waals surface area contributed by atoms with Gasteiger partial charge in [-0.1, -0.05) is 30.3 Å². The van der Waals surface area contributed by atoms with Crippen LogP contribution in [0.4, 0.5) is 4.79 Å². The summed E-state index contributed by atoms with van der Waals surface area (Å²) < 4.78 is 5.21. The van der Waals surface area contributed by atoms with E-state index < -0.39 is 17.5 Å². The lowest BCUT2D eigenvalue weighted by molar-refractivity contribution is -0.124. The standard InChI is InChI=1S/C19H17N3O4/c1-26-14-7-8-15-12(9-14)10-22(16(15)23)11-19(13-5-3-2-4-6-13)17(24)20-18(25)21-19/h2-9H,10-11H2,1H3,(H2,20,21,24,25)/t19-/m0/s1. The van der Waals surface area contributed by atoms with Crippen LogP contribution in [0.25, 0.3) is 0 Å². The van der Waals surface area contributed by atoms with E-state index >= 15 is 0 Å². The molecule has 2 aromatic rings. The molecular formula is C19H17N3O4. The second kappa shape index (κ2) is 5.87. The van der Waals surface area contributed by atoms with E-state index in [4.69, 9.17) is 4.74 Å². The molecule has 0 spiro atoms. The summed E-state index contributed by atoms with van der Waals surface area (Å²) in [5.41, 5.74) is 0.742.